The van der Waals surface area contributed by atoms with Gasteiger partial charge in [0.15, 0.2) is 11.6 Å². The molecule has 1 aliphatic rings. The van der Waals surface area contributed by atoms with Crippen molar-refractivity contribution in [3.05, 3.63) is 58.7 Å². The molecule has 0 aliphatic carbocycles. The van der Waals surface area contributed by atoms with E-state index in [0.717, 1.165) is 29.4 Å². The largest absolute Gasteiger partial charge is 0.459 e. The van der Waals surface area contributed by atoms with Gasteiger partial charge in [0.25, 0.3) is 5.91 Å². The fraction of sp³-hybridized carbons (Fsp3) is 0.294. The van der Waals surface area contributed by atoms with E-state index in [2.05, 4.69) is 31.3 Å². The van der Waals surface area contributed by atoms with Gasteiger partial charge in [0.05, 0.1) is 18.0 Å². The number of likely N-dealkylation sites (tertiary alicyclic amines) is 1. The van der Waals surface area contributed by atoms with Gasteiger partial charge in [0.2, 0.25) is 0 Å². The topological polar surface area (TPSA) is 77.0 Å². The Kier molecular flexibility index (Phi) is 4.35. The first-order chi connectivity index (χ1) is 12.2. The second-order valence-corrected chi connectivity index (χ2v) is 6.82. The number of aromatic nitrogens is 4. The van der Waals surface area contributed by atoms with Crippen molar-refractivity contribution in [3.8, 4) is 5.69 Å². The minimum absolute atomic E-state index is 0.131. The summed E-state index contributed by atoms with van der Waals surface area (Å²) in [5.74, 6) is 0.763. The molecule has 25 heavy (non-hydrogen) atoms. The maximum Gasteiger partial charge on any atom is 0.290 e. The molecular weight excluding hydrogens is 386 g/mol. The summed E-state index contributed by atoms with van der Waals surface area (Å²) in [5, 5.41) is 12.9. The Morgan fingerprint density at radius 2 is 2.16 bits per heavy atom. The molecule has 0 saturated carbocycles. The Hall–Kier alpha value is -2.48. The van der Waals surface area contributed by atoms with Gasteiger partial charge in [-0.25, -0.2) is 0 Å². The molecule has 0 radical (unpaired) electrons. The number of hydrogen-bond acceptors (Lipinski definition) is 5. The fourth-order valence-corrected chi connectivity index (χ4v) is 3.44. The molecule has 1 fully saturated rings. The summed E-state index contributed by atoms with van der Waals surface area (Å²) in [6, 6.07) is 10.9. The van der Waals surface area contributed by atoms with Gasteiger partial charge in [-0.1, -0.05) is 22.0 Å². The zero-order valence-electron chi connectivity index (χ0n) is 13.4. The number of halogens is 1. The van der Waals surface area contributed by atoms with Gasteiger partial charge in [-0.05, 0) is 54.8 Å². The summed E-state index contributed by atoms with van der Waals surface area (Å²) in [5.41, 5.74) is 0.813. The highest BCUT2D eigenvalue weighted by atomic mass is 79.9. The lowest BCUT2D eigenvalue weighted by Gasteiger charge is -2.33. The molecule has 7 nitrogen and oxygen atoms in total. The molecule has 0 N–H and O–H groups in total. The average Bonchev–Trinajstić information content (AvgIpc) is 3.33. The molecule has 128 valence electrons. The first kappa shape index (κ1) is 16.0. The Morgan fingerprint density at radius 1 is 1.24 bits per heavy atom. The van der Waals surface area contributed by atoms with Crippen LogP contribution in [-0.2, 0) is 0 Å². The van der Waals surface area contributed by atoms with E-state index in [1.807, 2.05) is 24.3 Å². The summed E-state index contributed by atoms with van der Waals surface area (Å²) in [4.78, 5) is 16.0. The van der Waals surface area contributed by atoms with Crippen LogP contribution in [0.4, 0.5) is 0 Å². The number of amides is 1. The van der Waals surface area contributed by atoms with Crippen LogP contribution in [-0.4, -0.2) is 37.6 Å². The lowest BCUT2D eigenvalue weighted by Crippen LogP contribution is -2.38. The van der Waals surface area contributed by atoms with Gasteiger partial charge in [-0.2, -0.15) is 0 Å². The van der Waals surface area contributed by atoms with E-state index in [9.17, 15) is 4.79 Å². The van der Waals surface area contributed by atoms with E-state index in [1.165, 1.54) is 11.1 Å². The van der Waals surface area contributed by atoms with Crippen LogP contribution in [0.2, 0.25) is 0 Å². The van der Waals surface area contributed by atoms with E-state index < -0.39 is 0 Å². The van der Waals surface area contributed by atoms with Gasteiger partial charge < -0.3 is 9.32 Å². The van der Waals surface area contributed by atoms with Crippen LogP contribution in [0.5, 0.6) is 0 Å². The third-order valence-electron chi connectivity index (χ3n) is 4.26. The van der Waals surface area contributed by atoms with E-state index >= 15 is 0 Å². The minimum Gasteiger partial charge on any atom is -0.459 e. The van der Waals surface area contributed by atoms with E-state index in [4.69, 9.17) is 4.42 Å². The minimum atomic E-state index is -0.188. The zero-order valence-corrected chi connectivity index (χ0v) is 15.0. The normalized spacial score (nSPS) is 17.6. The van der Waals surface area contributed by atoms with E-state index in [0.29, 0.717) is 18.1 Å². The molecule has 1 aromatic carbocycles. The smallest absolute Gasteiger partial charge is 0.290 e. The maximum absolute atomic E-state index is 12.7. The number of rotatable bonds is 3. The highest BCUT2D eigenvalue weighted by Crippen LogP contribution is 2.30. The lowest BCUT2D eigenvalue weighted by molar-refractivity contribution is 0.0567. The van der Waals surface area contributed by atoms with Crippen LogP contribution >= 0.6 is 15.9 Å². The third kappa shape index (κ3) is 3.21. The monoisotopic (exact) mass is 401 g/mol. The Morgan fingerprint density at radius 3 is 2.96 bits per heavy atom. The van der Waals surface area contributed by atoms with Crippen LogP contribution in [0, 0.1) is 0 Å². The van der Waals surface area contributed by atoms with Gasteiger partial charge in [-0.3, -0.25) is 4.79 Å². The summed E-state index contributed by atoms with van der Waals surface area (Å²) in [6.45, 7) is 0.662. The number of carbonyl (C=O) groups is 1. The van der Waals surface area contributed by atoms with Crippen molar-refractivity contribution in [1.82, 2.24) is 25.1 Å². The molecule has 1 aliphatic heterocycles. The first-order valence-corrected chi connectivity index (χ1v) is 8.92. The standard InChI is InChI=1S/C17H16BrN5O2/c18-12-5-3-6-13(11-12)23-20-16(19-21-23)14-7-1-2-9-22(14)17(24)15-8-4-10-25-15/h3-6,8,10-11,14H,1-2,7,9H2. The summed E-state index contributed by atoms with van der Waals surface area (Å²) in [7, 11) is 0. The molecule has 1 amide bonds. The Balaban J connectivity index is 1.62. The van der Waals surface area contributed by atoms with Crippen molar-refractivity contribution in [2.75, 3.05) is 6.54 Å². The number of hydrogen-bond donors (Lipinski definition) is 0. The van der Waals surface area contributed by atoms with Gasteiger partial charge in [0.1, 0.15) is 0 Å². The molecule has 1 unspecified atom stereocenters. The number of carbonyl (C=O) groups excluding carboxylic acids is 1. The molecule has 1 atom stereocenters. The van der Waals surface area contributed by atoms with Crippen LogP contribution in [0.3, 0.4) is 0 Å². The second kappa shape index (κ2) is 6.79. The van der Waals surface area contributed by atoms with Gasteiger partial charge in [-0.15, -0.1) is 15.0 Å². The molecule has 4 rings (SSSR count). The molecule has 8 heteroatoms. The van der Waals surface area contributed by atoms with Crippen LogP contribution < -0.4 is 0 Å². The SMILES string of the molecule is O=C(c1ccco1)N1CCCCC1c1nnn(-c2cccc(Br)c2)n1. The van der Waals surface area contributed by atoms with Gasteiger partial charge in [0, 0.05) is 11.0 Å². The summed E-state index contributed by atoms with van der Waals surface area (Å²) in [6.07, 6.45) is 4.31. The summed E-state index contributed by atoms with van der Waals surface area (Å²) >= 11 is 3.44. The number of tetrazole rings is 1. The molecule has 0 spiro atoms. The molecule has 1 saturated heterocycles. The predicted octanol–water partition coefficient (Wildman–Crippen LogP) is 3.39. The fourth-order valence-electron chi connectivity index (χ4n) is 3.05. The summed E-state index contributed by atoms with van der Waals surface area (Å²) < 4.78 is 6.20. The van der Waals surface area contributed by atoms with Crippen molar-refractivity contribution >= 4 is 21.8 Å². The van der Waals surface area contributed by atoms with Crippen molar-refractivity contribution in [1.29, 1.82) is 0 Å². The Labute approximate surface area is 152 Å². The number of benzene rings is 1. The first-order valence-electron chi connectivity index (χ1n) is 8.13. The number of furan rings is 1. The predicted molar refractivity (Wildman–Crippen MR) is 93.2 cm³/mol. The average molecular weight is 402 g/mol. The molecule has 3 aromatic rings. The van der Waals surface area contributed by atoms with Crippen molar-refractivity contribution < 1.29 is 9.21 Å². The quantitative estimate of drug-likeness (QED) is 0.671. The molecule has 3 heterocycles. The van der Waals surface area contributed by atoms with Crippen LogP contribution in [0.15, 0.2) is 51.6 Å². The maximum atomic E-state index is 12.7. The highest BCUT2D eigenvalue weighted by Gasteiger charge is 2.32. The van der Waals surface area contributed by atoms with Crippen molar-refractivity contribution in [2.24, 2.45) is 0 Å². The van der Waals surface area contributed by atoms with Crippen molar-refractivity contribution in [3.63, 3.8) is 0 Å². The zero-order chi connectivity index (χ0) is 17.2. The van der Waals surface area contributed by atoms with Gasteiger partial charge >= 0.3 is 0 Å². The number of nitrogens with zero attached hydrogens (tertiary/aromatic N) is 5. The number of piperidine rings is 1. The third-order valence-corrected chi connectivity index (χ3v) is 4.76. The van der Waals surface area contributed by atoms with Crippen LogP contribution in [0.25, 0.3) is 5.69 Å². The van der Waals surface area contributed by atoms with E-state index in [1.54, 1.807) is 17.0 Å². The Bertz CT molecular complexity index is 877. The van der Waals surface area contributed by atoms with Crippen molar-refractivity contribution in [2.45, 2.75) is 25.3 Å². The molecular formula is C17H16BrN5O2. The lowest BCUT2D eigenvalue weighted by atomic mass is 10.0. The molecule has 2 aromatic heterocycles. The molecule has 0 bridgehead atoms. The second-order valence-electron chi connectivity index (χ2n) is 5.90. The van der Waals surface area contributed by atoms with E-state index in [-0.39, 0.29) is 11.9 Å². The van der Waals surface area contributed by atoms with Crippen LogP contribution in [0.1, 0.15) is 41.7 Å². The highest BCUT2D eigenvalue weighted by molar-refractivity contribution is 9.10.